The molecule has 2 nitrogen and oxygen atoms in total. The summed E-state index contributed by atoms with van der Waals surface area (Å²) in [6.07, 6.45) is 0.825. The van der Waals surface area contributed by atoms with E-state index in [0.29, 0.717) is 5.69 Å². The Bertz CT molecular complexity index is 459. The third kappa shape index (κ3) is 2.62. The second-order valence-electron chi connectivity index (χ2n) is 5.97. The lowest BCUT2D eigenvalue weighted by Crippen LogP contribution is -2.38. The van der Waals surface area contributed by atoms with Crippen LogP contribution in [0.4, 0.5) is 10.1 Å². The normalized spacial score (nSPS) is 25.1. The van der Waals surface area contributed by atoms with Crippen LogP contribution in [0.2, 0.25) is 5.02 Å². The van der Waals surface area contributed by atoms with Crippen molar-refractivity contribution in [3.05, 3.63) is 29.0 Å². The number of hydrogen-bond acceptors (Lipinski definition) is 2. The van der Waals surface area contributed by atoms with Gasteiger partial charge < -0.3 is 10.1 Å². The van der Waals surface area contributed by atoms with Crippen LogP contribution in [-0.4, -0.2) is 17.2 Å². The summed E-state index contributed by atoms with van der Waals surface area (Å²) in [6, 6.07) is 5.03. The zero-order valence-corrected chi connectivity index (χ0v) is 11.9. The summed E-state index contributed by atoms with van der Waals surface area (Å²) < 4.78 is 19.8. The van der Waals surface area contributed by atoms with E-state index in [0.717, 1.165) is 6.42 Å². The highest BCUT2D eigenvalue weighted by atomic mass is 35.5. The summed E-state index contributed by atoms with van der Waals surface area (Å²) in [5.74, 6) is -0.403. The van der Waals surface area contributed by atoms with Gasteiger partial charge in [-0.25, -0.2) is 4.39 Å². The van der Waals surface area contributed by atoms with Gasteiger partial charge in [0.05, 0.1) is 28.0 Å². The number of benzene rings is 1. The lowest BCUT2D eigenvalue weighted by molar-refractivity contribution is -0.0662. The third-order valence-electron chi connectivity index (χ3n) is 3.36. The molecule has 18 heavy (non-hydrogen) atoms. The number of hydrogen-bond donors (Lipinski definition) is 1. The molecule has 0 spiro atoms. The molecule has 1 N–H and O–H groups in total. The van der Waals surface area contributed by atoms with Crippen molar-refractivity contribution in [1.29, 1.82) is 0 Å². The van der Waals surface area contributed by atoms with Crippen molar-refractivity contribution in [2.45, 2.75) is 51.4 Å². The van der Waals surface area contributed by atoms with Gasteiger partial charge in [-0.2, -0.15) is 0 Å². The molecule has 1 aliphatic rings. The molecular formula is C14H19ClFNO. The molecule has 0 aliphatic carbocycles. The molecule has 0 saturated carbocycles. The maximum atomic E-state index is 13.9. The minimum Gasteiger partial charge on any atom is -0.377 e. The molecule has 1 aromatic carbocycles. The summed E-state index contributed by atoms with van der Waals surface area (Å²) >= 11 is 5.78. The highest BCUT2D eigenvalue weighted by Gasteiger charge is 2.46. The fourth-order valence-corrected chi connectivity index (χ4v) is 2.76. The summed E-state index contributed by atoms with van der Waals surface area (Å²) in [5, 5.41) is 3.35. The van der Waals surface area contributed by atoms with Gasteiger partial charge in [0.25, 0.3) is 0 Å². The first-order chi connectivity index (χ1) is 8.21. The van der Waals surface area contributed by atoms with Crippen LogP contribution in [0.25, 0.3) is 0 Å². The van der Waals surface area contributed by atoms with Crippen LogP contribution in [0.5, 0.6) is 0 Å². The average Bonchev–Trinajstić information content (AvgIpc) is 2.42. The molecule has 1 atom stereocenters. The molecule has 1 fully saturated rings. The van der Waals surface area contributed by atoms with Crippen molar-refractivity contribution < 1.29 is 9.13 Å². The van der Waals surface area contributed by atoms with Gasteiger partial charge in [-0.15, -0.1) is 0 Å². The van der Waals surface area contributed by atoms with Crippen LogP contribution in [-0.2, 0) is 4.74 Å². The van der Waals surface area contributed by atoms with E-state index >= 15 is 0 Å². The molecule has 0 aromatic heterocycles. The first-order valence-electron chi connectivity index (χ1n) is 6.12. The molecule has 1 heterocycles. The Morgan fingerprint density at radius 3 is 2.56 bits per heavy atom. The number of ether oxygens (including phenoxy) is 1. The highest BCUT2D eigenvalue weighted by molar-refractivity contribution is 6.31. The lowest BCUT2D eigenvalue weighted by Gasteiger charge is -2.28. The predicted octanol–water partition coefficient (Wildman–Crippen LogP) is 4.24. The van der Waals surface area contributed by atoms with Crippen LogP contribution in [0, 0.1) is 5.82 Å². The van der Waals surface area contributed by atoms with Crippen molar-refractivity contribution >= 4 is 17.3 Å². The van der Waals surface area contributed by atoms with E-state index in [1.165, 1.54) is 0 Å². The van der Waals surface area contributed by atoms with Gasteiger partial charge in [-0.1, -0.05) is 17.7 Å². The lowest BCUT2D eigenvalue weighted by atomic mass is 9.94. The van der Waals surface area contributed by atoms with Crippen molar-refractivity contribution in [2.24, 2.45) is 0 Å². The largest absolute Gasteiger partial charge is 0.377 e. The monoisotopic (exact) mass is 271 g/mol. The summed E-state index contributed by atoms with van der Waals surface area (Å²) in [6.45, 7) is 8.12. The molecule has 2 rings (SSSR count). The van der Waals surface area contributed by atoms with Crippen molar-refractivity contribution in [1.82, 2.24) is 0 Å². The van der Waals surface area contributed by atoms with Crippen LogP contribution in [0.15, 0.2) is 18.2 Å². The SMILES string of the molecule is CC1(C)CC(Nc2cccc(Cl)c2F)C(C)(C)O1. The van der Waals surface area contributed by atoms with Gasteiger partial charge in [0, 0.05) is 0 Å². The molecule has 100 valence electrons. The molecule has 0 amide bonds. The van der Waals surface area contributed by atoms with E-state index in [-0.39, 0.29) is 22.3 Å². The zero-order valence-electron chi connectivity index (χ0n) is 11.2. The van der Waals surface area contributed by atoms with E-state index in [1.807, 2.05) is 27.7 Å². The van der Waals surface area contributed by atoms with Crippen molar-refractivity contribution in [3.8, 4) is 0 Å². The maximum Gasteiger partial charge on any atom is 0.164 e. The Kier molecular flexibility index (Phi) is 3.32. The second-order valence-corrected chi connectivity index (χ2v) is 6.37. The number of nitrogens with one attached hydrogen (secondary N) is 1. The molecule has 4 heteroatoms. The van der Waals surface area contributed by atoms with Gasteiger partial charge in [-0.3, -0.25) is 0 Å². The first kappa shape index (κ1) is 13.6. The molecule has 1 aliphatic heterocycles. The van der Waals surface area contributed by atoms with Gasteiger partial charge in [0.1, 0.15) is 0 Å². The van der Waals surface area contributed by atoms with E-state index in [9.17, 15) is 4.39 Å². The number of anilines is 1. The Morgan fingerprint density at radius 2 is 2.00 bits per heavy atom. The first-order valence-corrected chi connectivity index (χ1v) is 6.50. The van der Waals surface area contributed by atoms with Crippen LogP contribution >= 0.6 is 11.6 Å². The third-order valence-corrected chi connectivity index (χ3v) is 3.65. The molecule has 0 radical (unpaired) electrons. The van der Waals surface area contributed by atoms with Gasteiger partial charge in [-0.05, 0) is 46.2 Å². The van der Waals surface area contributed by atoms with Crippen molar-refractivity contribution in [2.75, 3.05) is 5.32 Å². The Morgan fingerprint density at radius 1 is 1.33 bits per heavy atom. The van der Waals surface area contributed by atoms with Gasteiger partial charge in [0.15, 0.2) is 5.82 Å². The fraction of sp³-hybridized carbons (Fsp3) is 0.571. The standard InChI is InChI=1S/C14H19ClFNO/c1-13(2)8-11(14(3,4)18-13)17-10-7-5-6-9(15)12(10)16/h5-7,11,17H,8H2,1-4H3. The minimum atomic E-state index is -0.403. The summed E-state index contributed by atoms with van der Waals surface area (Å²) in [5.41, 5.74) is -0.101. The predicted molar refractivity (Wildman–Crippen MR) is 72.7 cm³/mol. The minimum absolute atomic E-state index is 0.0560. The average molecular weight is 272 g/mol. The van der Waals surface area contributed by atoms with Crippen LogP contribution in [0.3, 0.4) is 0 Å². The molecule has 1 saturated heterocycles. The van der Waals surface area contributed by atoms with E-state index in [1.54, 1.807) is 18.2 Å². The summed E-state index contributed by atoms with van der Waals surface area (Å²) in [7, 11) is 0. The quantitative estimate of drug-likeness (QED) is 0.869. The topological polar surface area (TPSA) is 21.3 Å². The van der Waals surface area contributed by atoms with E-state index < -0.39 is 5.82 Å². The van der Waals surface area contributed by atoms with Crippen molar-refractivity contribution in [3.63, 3.8) is 0 Å². The molecule has 1 unspecified atom stereocenters. The Labute approximate surface area is 112 Å². The molecule has 1 aromatic rings. The number of halogens is 2. The second kappa shape index (κ2) is 4.39. The van der Waals surface area contributed by atoms with E-state index in [2.05, 4.69) is 5.32 Å². The fourth-order valence-electron chi connectivity index (χ4n) is 2.59. The van der Waals surface area contributed by atoms with Gasteiger partial charge >= 0.3 is 0 Å². The maximum absolute atomic E-state index is 13.9. The highest BCUT2D eigenvalue weighted by Crippen LogP contribution is 2.39. The number of rotatable bonds is 2. The van der Waals surface area contributed by atoms with Crippen LogP contribution < -0.4 is 5.32 Å². The molecule has 0 bridgehead atoms. The van der Waals surface area contributed by atoms with Crippen LogP contribution in [0.1, 0.15) is 34.1 Å². The Balaban J connectivity index is 2.22. The van der Waals surface area contributed by atoms with E-state index in [4.69, 9.17) is 16.3 Å². The summed E-state index contributed by atoms with van der Waals surface area (Å²) in [4.78, 5) is 0. The smallest absolute Gasteiger partial charge is 0.164 e. The Hall–Kier alpha value is -0.800. The molecular weight excluding hydrogens is 253 g/mol. The zero-order chi connectivity index (χ0) is 13.6. The van der Waals surface area contributed by atoms with Gasteiger partial charge in [0.2, 0.25) is 0 Å².